The topological polar surface area (TPSA) is 75.9 Å². The van der Waals surface area contributed by atoms with Crippen LogP contribution in [0.4, 0.5) is 5.00 Å². The van der Waals surface area contributed by atoms with E-state index in [0.717, 1.165) is 43.1 Å². The van der Waals surface area contributed by atoms with Gasteiger partial charge in [0.1, 0.15) is 5.75 Å². The van der Waals surface area contributed by atoms with Gasteiger partial charge in [-0.3, -0.25) is 19.8 Å². The number of hydrogen-bond acceptors (Lipinski definition) is 6. The fraction of sp³-hybridized carbons (Fsp3) is 0.389. The van der Waals surface area contributed by atoms with E-state index in [0.29, 0.717) is 18.0 Å². The summed E-state index contributed by atoms with van der Waals surface area (Å²) in [6.45, 7) is 3.83. The third kappa shape index (κ3) is 4.39. The second-order valence-electron chi connectivity index (χ2n) is 6.16. The molecule has 1 fully saturated rings. The van der Waals surface area contributed by atoms with Gasteiger partial charge in [0.05, 0.1) is 16.9 Å². The second-order valence-corrected chi connectivity index (χ2v) is 7.23. The van der Waals surface area contributed by atoms with Crippen LogP contribution in [0.1, 0.15) is 21.7 Å². The van der Waals surface area contributed by atoms with E-state index in [9.17, 15) is 14.9 Å². The number of carbonyl (C=O) groups excluding carboxylic acids is 1. The minimum Gasteiger partial charge on any atom is -0.497 e. The van der Waals surface area contributed by atoms with Crippen molar-refractivity contribution in [2.24, 2.45) is 0 Å². The standard InChI is InChI=1S/C18H21N3O4S/c1-25-15-5-3-14(4-6-15)13-19-9-2-10-20(12-11-19)18(22)16-7-8-17(26-16)21(23)24/h3-8H,2,9-13H2,1H3. The van der Waals surface area contributed by atoms with Gasteiger partial charge in [0, 0.05) is 38.8 Å². The van der Waals surface area contributed by atoms with Crippen molar-refractivity contribution in [2.45, 2.75) is 13.0 Å². The molecule has 1 aromatic heterocycles. The van der Waals surface area contributed by atoms with E-state index in [2.05, 4.69) is 17.0 Å². The summed E-state index contributed by atoms with van der Waals surface area (Å²) >= 11 is 0.941. The number of ether oxygens (including phenoxy) is 1. The first-order valence-electron chi connectivity index (χ1n) is 8.45. The molecule has 1 saturated heterocycles. The number of nitrogens with zero attached hydrogens (tertiary/aromatic N) is 3. The molecule has 0 radical (unpaired) electrons. The molecule has 1 aliphatic rings. The van der Waals surface area contributed by atoms with Crippen LogP contribution in [0.15, 0.2) is 36.4 Å². The summed E-state index contributed by atoms with van der Waals surface area (Å²) in [6, 6.07) is 10.9. The first-order chi connectivity index (χ1) is 12.6. The van der Waals surface area contributed by atoms with Crippen LogP contribution in [0.3, 0.4) is 0 Å². The highest BCUT2D eigenvalue weighted by Gasteiger charge is 2.23. The van der Waals surface area contributed by atoms with Gasteiger partial charge in [-0.05, 0) is 30.2 Å². The molecule has 8 heteroatoms. The maximum atomic E-state index is 12.6. The van der Waals surface area contributed by atoms with Crippen LogP contribution in [0.25, 0.3) is 0 Å². The number of benzene rings is 1. The van der Waals surface area contributed by atoms with E-state index >= 15 is 0 Å². The molecule has 0 unspecified atom stereocenters. The predicted octanol–water partition coefficient (Wildman–Crippen LogP) is 3.01. The van der Waals surface area contributed by atoms with Crippen LogP contribution in [-0.4, -0.2) is 53.9 Å². The molecule has 0 spiro atoms. The number of methoxy groups -OCH3 is 1. The molecule has 2 heterocycles. The van der Waals surface area contributed by atoms with Gasteiger partial charge < -0.3 is 9.64 Å². The monoisotopic (exact) mass is 375 g/mol. The van der Waals surface area contributed by atoms with Gasteiger partial charge in [-0.15, -0.1) is 0 Å². The summed E-state index contributed by atoms with van der Waals surface area (Å²) in [5, 5.41) is 10.8. The van der Waals surface area contributed by atoms with Crippen molar-refractivity contribution in [3.8, 4) is 5.75 Å². The molecule has 2 aromatic rings. The molecule has 1 aliphatic heterocycles. The fourth-order valence-electron chi connectivity index (χ4n) is 3.02. The van der Waals surface area contributed by atoms with Gasteiger partial charge in [0.2, 0.25) is 0 Å². The Bertz CT molecular complexity index is 775. The molecular weight excluding hydrogens is 354 g/mol. The van der Waals surface area contributed by atoms with Crippen LogP contribution < -0.4 is 4.74 Å². The molecule has 138 valence electrons. The van der Waals surface area contributed by atoms with E-state index in [1.807, 2.05) is 12.1 Å². The Labute approximate surface area is 155 Å². The van der Waals surface area contributed by atoms with Gasteiger partial charge in [0.25, 0.3) is 5.91 Å². The average molecular weight is 375 g/mol. The summed E-state index contributed by atoms with van der Waals surface area (Å²) in [4.78, 5) is 27.5. The zero-order valence-electron chi connectivity index (χ0n) is 14.6. The molecule has 26 heavy (non-hydrogen) atoms. The Kier molecular flexibility index (Phi) is 5.85. The molecule has 1 aromatic carbocycles. The number of amides is 1. The van der Waals surface area contributed by atoms with E-state index in [1.165, 1.54) is 11.6 Å². The highest BCUT2D eigenvalue weighted by atomic mass is 32.1. The van der Waals surface area contributed by atoms with Crippen LogP contribution in [-0.2, 0) is 6.54 Å². The SMILES string of the molecule is COc1ccc(CN2CCCN(C(=O)c3ccc([N+](=O)[O-])s3)CC2)cc1. The average Bonchev–Trinajstić information content (AvgIpc) is 3.04. The maximum Gasteiger partial charge on any atom is 0.324 e. The molecule has 0 atom stereocenters. The van der Waals surface area contributed by atoms with Gasteiger partial charge in [0.15, 0.2) is 0 Å². The van der Waals surface area contributed by atoms with E-state index in [1.54, 1.807) is 18.1 Å². The molecular formula is C18H21N3O4S. The van der Waals surface area contributed by atoms with Crippen molar-refractivity contribution in [1.82, 2.24) is 9.80 Å². The summed E-state index contributed by atoms with van der Waals surface area (Å²) in [5.74, 6) is 0.723. The smallest absolute Gasteiger partial charge is 0.324 e. The maximum absolute atomic E-state index is 12.6. The first kappa shape index (κ1) is 18.3. The number of nitro groups is 1. The summed E-state index contributed by atoms with van der Waals surface area (Å²) in [6.07, 6.45) is 0.884. The molecule has 0 N–H and O–H groups in total. The van der Waals surface area contributed by atoms with E-state index in [-0.39, 0.29) is 10.9 Å². The number of hydrogen-bond donors (Lipinski definition) is 0. The van der Waals surface area contributed by atoms with E-state index in [4.69, 9.17) is 4.74 Å². The molecule has 3 rings (SSSR count). The largest absolute Gasteiger partial charge is 0.497 e. The predicted molar refractivity (Wildman–Crippen MR) is 99.8 cm³/mol. The highest BCUT2D eigenvalue weighted by molar-refractivity contribution is 7.17. The van der Waals surface area contributed by atoms with Crippen molar-refractivity contribution in [3.63, 3.8) is 0 Å². The Morgan fingerprint density at radius 3 is 2.58 bits per heavy atom. The summed E-state index contributed by atoms with van der Waals surface area (Å²) in [5.41, 5.74) is 1.21. The molecule has 0 aliphatic carbocycles. The molecule has 7 nitrogen and oxygen atoms in total. The molecule has 0 saturated carbocycles. The van der Waals surface area contributed by atoms with Gasteiger partial charge in [-0.2, -0.15) is 0 Å². The Morgan fingerprint density at radius 2 is 1.92 bits per heavy atom. The minimum absolute atomic E-state index is 0.00399. The number of carbonyl (C=O) groups is 1. The van der Waals surface area contributed by atoms with Crippen LogP contribution in [0, 0.1) is 10.1 Å². The van der Waals surface area contributed by atoms with Gasteiger partial charge in [-0.25, -0.2) is 0 Å². The van der Waals surface area contributed by atoms with Crippen molar-refractivity contribution < 1.29 is 14.5 Å². The van der Waals surface area contributed by atoms with Crippen molar-refractivity contribution >= 4 is 22.2 Å². The normalized spacial score (nSPS) is 15.5. The molecule has 0 bridgehead atoms. The third-order valence-electron chi connectivity index (χ3n) is 4.42. The van der Waals surface area contributed by atoms with Crippen LogP contribution in [0.5, 0.6) is 5.75 Å². The van der Waals surface area contributed by atoms with Crippen LogP contribution >= 0.6 is 11.3 Å². The summed E-state index contributed by atoms with van der Waals surface area (Å²) in [7, 11) is 1.65. The lowest BCUT2D eigenvalue weighted by Crippen LogP contribution is -2.34. The summed E-state index contributed by atoms with van der Waals surface area (Å²) < 4.78 is 5.18. The zero-order valence-corrected chi connectivity index (χ0v) is 15.4. The van der Waals surface area contributed by atoms with Gasteiger partial charge in [-0.1, -0.05) is 23.5 Å². The Hall–Kier alpha value is -2.45. The van der Waals surface area contributed by atoms with E-state index < -0.39 is 4.92 Å². The van der Waals surface area contributed by atoms with Crippen molar-refractivity contribution in [1.29, 1.82) is 0 Å². The second kappa shape index (κ2) is 8.29. The lowest BCUT2D eigenvalue weighted by atomic mass is 10.2. The third-order valence-corrected chi connectivity index (χ3v) is 5.45. The minimum atomic E-state index is -0.458. The Balaban J connectivity index is 1.58. The van der Waals surface area contributed by atoms with Crippen molar-refractivity contribution in [3.05, 3.63) is 57.0 Å². The molecule has 1 amide bonds. The number of rotatable bonds is 5. The lowest BCUT2D eigenvalue weighted by Gasteiger charge is -2.21. The first-order valence-corrected chi connectivity index (χ1v) is 9.27. The number of thiophene rings is 1. The highest BCUT2D eigenvalue weighted by Crippen LogP contribution is 2.25. The Morgan fingerprint density at radius 1 is 1.15 bits per heavy atom. The van der Waals surface area contributed by atoms with Crippen LogP contribution in [0.2, 0.25) is 0 Å². The lowest BCUT2D eigenvalue weighted by molar-refractivity contribution is -0.380. The fourth-order valence-corrected chi connectivity index (χ4v) is 3.81. The van der Waals surface area contributed by atoms with Gasteiger partial charge >= 0.3 is 5.00 Å². The quantitative estimate of drug-likeness (QED) is 0.593. The zero-order chi connectivity index (χ0) is 18.5. The van der Waals surface area contributed by atoms with Crippen molar-refractivity contribution in [2.75, 3.05) is 33.3 Å².